The molecule has 0 amide bonds. The molecule has 0 spiro atoms. The summed E-state index contributed by atoms with van der Waals surface area (Å²) < 4.78 is 13.3. The highest BCUT2D eigenvalue weighted by Crippen LogP contribution is 2.15. The van der Waals surface area contributed by atoms with Crippen molar-refractivity contribution >= 4 is 34.3 Å². The Morgan fingerprint density at radius 3 is 3.06 bits per heavy atom. The smallest absolute Gasteiger partial charge is 0.203 e. The number of thiazole rings is 1. The Kier molecular flexibility index (Phi) is 3.71. The van der Waals surface area contributed by atoms with E-state index in [9.17, 15) is 4.39 Å². The molecule has 88 valence electrons. The maximum absolute atomic E-state index is 13.3. The first-order valence-electron chi connectivity index (χ1n) is 4.81. The molecular formula is C11H9ClFN3S. The van der Waals surface area contributed by atoms with E-state index in [1.165, 1.54) is 35.8 Å². The van der Waals surface area contributed by atoms with Crippen LogP contribution in [0.1, 0.15) is 11.3 Å². The third-order valence-electron chi connectivity index (χ3n) is 1.94. The molecule has 1 aromatic carbocycles. The van der Waals surface area contributed by atoms with E-state index in [2.05, 4.69) is 15.5 Å². The van der Waals surface area contributed by atoms with Crippen LogP contribution < -0.4 is 5.43 Å². The molecule has 1 heterocycles. The number of hydrogen-bond acceptors (Lipinski definition) is 4. The summed E-state index contributed by atoms with van der Waals surface area (Å²) in [5, 5.41) is 6.94. The number of nitrogens with one attached hydrogen (secondary N) is 1. The minimum Gasteiger partial charge on any atom is -0.253 e. The van der Waals surface area contributed by atoms with Gasteiger partial charge in [0.05, 0.1) is 11.9 Å². The van der Waals surface area contributed by atoms with Crippen molar-refractivity contribution in [2.45, 2.75) is 6.92 Å². The number of benzene rings is 1. The van der Waals surface area contributed by atoms with E-state index >= 15 is 0 Å². The number of anilines is 1. The molecule has 0 aliphatic heterocycles. The Hall–Kier alpha value is -1.46. The average Bonchev–Trinajstić information content (AvgIpc) is 2.69. The Morgan fingerprint density at radius 2 is 2.35 bits per heavy atom. The van der Waals surface area contributed by atoms with Gasteiger partial charge in [0.15, 0.2) is 0 Å². The SMILES string of the molecule is Cc1csc(NN=Cc2cc(Cl)ccc2F)n1. The van der Waals surface area contributed by atoms with E-state index in [0.717, 1.165) is 5.69 Å². The average molecular weight is 270 g/mol. The van der Waals surface area contributed by atoms with Gasteiger partial charge in [0.1, 0.15) is 5.82 Å². The molecule has 1 N–H and O–H groups in total. The predicted octanol–water partition coefficient (Wildman–Crippen LogP) is 3.69. The number of rotatable bonds is 3. The molecule has 17 heavy (non-hydrogen) atoms. The van der Waals surface area contributed by atoms with E-state index in [4.69, 9.17) is 11.6 Å². The highest BCUT2D eigenvalue weighted by Gasteiger charge is 2.00. The zero-order valence-electron chi connectivity index (χ0n) is 8.95. The third-order valence-corrected chi connectivity index (χ3v) is 3.04. The number of nitrogens with zero attached hydrogens (tertiary/aromatic N) is 2. The van der Waals surface area contributed by atoms with Gasteiger partial charge in [-0.2, -0.15) is 5.10 Å². The van der Waals surface area contributed by atoms with Crippen LogP contribution in [-0.2, 0) is 0 Å². The van der Waals surface area contributed by atoms with Gasteiger partial charge < -0.3 is 0 Å². The lowest BCUT2D eigenvalue weighted by molar-refractivity contribution is 0.626. The lowest BCUT2D eigenvalue weighted by atomic mass is 10.2. The second kappa shape index (κ2) is 5.25. The highest BCUT2D eigenvalue weighted by atomic mass is 35.5. The summed E-state index contributed by atoms with van der Waals surface area (Å²) >= 11 is 7.19. The van der Waals surface area contributed by atoms with Gasteiger partial charge in [-0.3, -0.25) is 5.43 Å². The minimum absolute atomic E-state index is 0.332. The van der Waals surface area contributed by atoms with Crippen molar-refractivity contribution in [1.82, 2.24) is 4.98 Å². The zero-order valence-corrected chi connectivity index (χ0v) is 10.5. The van der Waals surface area contributed by atoms with Crippen LogP contribution in [0, 0.1) is 12.7 Å². The first-order valence-corrected chi connectivity index (χ1v) is 6.07. The lowest BCUT2D eigenvalue weighted by Gasteiger charge is -1.97. The number of aryl methyl sites for hydroxylation is 1. The molecule has 2 rings (SSSR count). The van der Waals surface area contributed by atoms with Crippen molar-refractivity contribution in [2.24, 2.45) is 5.10 Å². The van der Waals surface area contributed by atoms with Gasteiger partial charge in [-0.25, -0.2) is 9.37 Å². The number of hydrogen-bond donors (Lipinski definition) is 1. The molecule has 0 aliphatic carbocycles. The quantitative estimate of drug-likeness (QED) is 0.682. The van der Waals surface area contributed by atoms with Crippen molar-refractivity contribution in [3.8, 4) is 0 Å². The van der Waals surface area contributed by atoms with Crippen LogP contribution in [0.2, 0.25) is 5.02 Å². The molecule has 0 atom stereocenters. The number of halogens is 2. The van der Waals surface area contributed by atoms with Crippen LogP contribution in [0.25, 0.3) is 0 Å². The summed E-state index contributed by atoms with van der Waals surface area (Å²) in [6.07, 6.45) is 1.37. The van der Waals surface area contributed by atoms with E-state index < -0.39 is 0 Å². The molecule has 6 heteroatoms. The fraction of sp³-hybridized carbons (Fsp3) is 0.0909. The fourth-order valence-electron chi connectivity index (χ4n) is 1.18. The summed E-state index contributed by atoms with van der Waals surface area (Å²) in [6, 6.07) is 4.30. The number of aromatic nitrogens is 1. The van der Waals surface area contributed by atoms with E-state index in [1.807, 2.05) is 12.3 Å². The maximum atomic E-state index is 13.3. The van der Waals surface area contributed by atoms with Crippen molar-refractivity contribution in [3.05, 3.63) is 45.7 Å². The summed E-state index contributed by atoms with van der Waals surface area (Å²) in [4.78, 5) is 4.16. The third kappa shape index (κ3) is 3.25. The zero-order chi connectivity index (χ0) is 12.3. The maximum Gasteiger partial charge on any atom is 0.203 e. The molecule has 3 nitrogen and oxygen atoms in total. The molecule has 0 unspecified atom stereocenters. The molecule has 0 fully saturated rings. The summed E-state index contributed by atoms with van der Waals surface area (Å²) in [5.41, 5.74) is 3.98. The van der Waals surface area contributed by atoms with Gasteiger partial charge in [-0.15, -0.1) is 11.3 Å². The van der Waals surface area contributed by atoms with Crippen LogP contribution in [0.15, 0.2) is 28.7 Å². The summed E-state index contributed by atoms with van der Waals surface area (Å²) in [7, 11) is 0. The molecule has 1 aromatic heterocycles. The summed E-state index contributed by atoms with van der Waals surface area (Å²) in [5.74, 6) is -0.365. The molecule has 0 bridgehead atoms. The summed E-state index contributed by atoms with van der Waals surface area (Å²) in [6.45, 7) is 1.89. The highest BCUT2D eigenvalue weighted by molar-refractivity contribution is 7.13. The normalized spacial score (nSPS) is 11.0. The second-order valence-electron chi connectivity index (χ2n) is 3.33. The van der Waals surface area contributed by atoms with Crippen molar-refractivity contribution in [2.75, 3.05) is 5.43 Å². The molecule has 2 aromatic rings. The minimum atomic E-state index is -0.365. The largest absolute Gasteiger partial charge is 0.253 e. The number of hydrazone groups is 1. The van der Waals surface area contributed by atoms with Crippen LogP contribution in [-0.4, -0.2) is 11.2 Å². The lowest BCUT2D eigenvalue weighted by Crippen LogP contribution is -1.92. The Morgan fingerprint density at radius 1 is 1.53 bits per heavy atom. The van der Waals surface area contributed by atoms with E-state index in [0.29, 0.717) is 15.7 Å². The molecule has 0 saturated heterocycles. The van der Waals surface area contributed by atoms with Crippen molar-refractivity contribution in [1.29, 1.82) is 0 Å². The van der Waals surface area contributed by atoms with Crippen LogP contribution >= 0.6 is 22.9 Å². The van der Waals surface area contributed by atoms with Gasteiger partial charge >= 0.3 is 0 Å². The Bertz CT molecular complexity index is 553. The first-order chi connectivity index (χ1) is 8.15. The first kappa shape index (κ1) is 12.0. The topological polar surface area (TPSA) is 37.3 Å². The van der Waals surface area contributed by atoms with Crippen molar-refractivity contribution < 1.29 is 4.39 Å². The second-order valence-corrected chi connectivity index (χ2v) is 4.62. The van der Waals surface area contributed by atoms with E-state index in [-0.39, 0.29) is 5.82 Å². The Balaban J connectivity index is 2.07. The Labute approximate surface area is 107 Å². The monoisotopic (exact) mass is 269 g/mol. The van der Waals surface area contributed by atoms with Crippen LogP contribution in [0.5, 0.6) is 0 Å². The standard InChI is InChI=1S/C11H9ClFN3S/c1-7-6-17-11(15-7)16-14-5-8-4-9(12)2-3-10(8)13/h2-6H,1H3,(H,15,16). The fourth-order valence-corrected chi connectivity index (χ4v) is 1.99. The van der Waals surface area contributed by atoms with Gasteiger partial charge in [0, 0.05) is 16.0 Å². The van der Waals surface area contributed by atoms with Gasteiger partial charge in [0.25, 0.3) is 0 Å². The molecule has 0 radical (unpaired) electrons. The predicted molar refractivity (Wildman–Crippen MR) is 69.5 cm³/mol. The van der Waals surface area contributed by atoms with Gasteiger partial charge in [-0.05, 0) is 25.1 Å². The van der Waals surface area contributed by atoms with E-state index in [1.54, 1.807) is 0 Å². The van der Waals surface area contributed by atoms with Crippen LogP contribution in [0.3, 0.4) is 0 Å². The molecule has 0 aliphatic rings. The van der Waals surface area contributed by atoms with Gasteiger partial charge in [-0.1, -0.05) is 11.6 Å². The molecular weight excluding hydrogens is 261 g/mol. The molecule has 0 saturated carbocycles. The van der Waals surface area contributed by atoms with Crippen molar-refractivity contribution in [3.63, 3.8) is 0 Å². The van der Waals surface area contributed by atoms with Crippen LogP contribution in [0.4, 0.5) is 9.52 Å². The van der Waals surface area contributed by atoms with Gasteiger partial charge in [0.2, 0.25) is 5.13 Å².